The smallest absolute Gasteiger partial charge is 0.332 e. The minimum atomic E-state index is -0.652. The number of hydrazone groups is 1. The van der Waals surface area contributed by atoms with Crippen LogP contribution in [0.25, 0.3) is 0 Å². The highest BCUT2D eigenvalue weighted by Crippen LogP contribution is 1.97. The lowest BCUT2D eigenvalue weighted by atomic mass is 10.1. The first kappa shape index (κ1) is 9.68. The maximum atomic E-state index is 10.2. The number of primary amides is 1. The fourth-order valence-electron chi connectivity index (χ4n) is 0.416. The number of carbonyl (C=O) groups is 1. The van der Waals surface area contributed by atoms with Crippen molar-refractivity contribution in [1.29, 1.82) is 0 Å². The quantitative estimate of drug-likeness (QED) is 0.354. The minimum absolute atomic E-state index is 0.154. The van der Waals surface area contributed by atoms with E-state index in [0.29, 0.717) is 0 Å². The Morgan fingerprint density at radius 2 is 2.36 bits per heavy atom. The molecule has 11 heavy (non-hydrogen) atoms. The number of nitrogens with two attached hydrogens (primary N) is 1. The fraction of sp³-hybridized carbons (Fsp3) is 0.429. The Kier molecular flexibility index (Phi) is 3.95. The van der Waals surface area contributed by atoms with Crippen LogP contribution >= 0.6 is 0 Å². The summed E-state index contributed by atoms with van der Waals surface area (Å²) in [5.74, 6) is 0.154. The third kappa shape index (κ3) is 4.13. The third-order valence-electron chi connectivity index (χ3n) is 1.35. The molecule has 4 heteroatoms. The first-order valence-corrected chi connectivity index (χ1v) is 3.30. The lowest BCUT2D eigenvalue weighted by molar-refractivity contribution is 0.249. The summed E-state index contributed by atoms with van der Waals surface area (Å²) < 4.78 is 0. The van der Waals surface area contributed by atoms with E-state index in [4.69, 9.17) is 5.73 Å². The van der Waals surface area contributed by atoms with Crippen molar-refractivity contribution in [2.75, 3.05) is 0 Å². The van der Waals surface area contributed by atoms with Gasteiger partial charge in [-0.05, 0) is 6.92 Å². The van der Waals surface area contributed by atoms with Crippen LogP contribution in [-0.4, -0.2) is 11.7 Å². The number of nitrogens with zero attached hydrogens (tertiary/aromatic N) is 1. The molecule has 0 rings (SSSR count). The molecule has 0 spiro atoms. The number of nitrogens with one attached hydrogen (secondary N) is 1. The van der Waals surface area contributed by atoms with Gasteiger partial charge in [-0.25, -0.2) is 10.2 Å². The summed E-state index contributed by atoms with van der Waals surface area (Å²) in [7, 11) is 0. The third-order valence-corrected chi connectivity index (χ3v) is 1.35. The van der Waals surface area contributed by atoms with Crippen LogP contribution in [0.3, 0.4) is 0 Å². The number of allylic oxidation sites excluding steroid dienone is 1. The van der Waals surface area contributed by atoms with Gasteiger partial charge < -0.3 is 5.73 Å². The van der Waals surface area contributed by atoms with Crippen molar-refractivity contribution in [2.45, 2.75) is 13.8 Å². The highest BCUT2D eigenvalue weighted by atomic mass is 16.2. The number of hydrogen-bond acceptors (Lipinski definition) is 2. The summed E-state index contributed by atoms with van der Waals surface area (Å²) in [6.07, 6.45) is 1.74. The number of rotatable bonds is 3. The predicted octanol–water partition coefficient (Wildman–Crippen LogP) is 0.853. The lowest BCUT2D eigenvalue weighted by Gasteiger charge is -2.03. The summed E-state index contributed by atoms with van der Waals surface area (Å²) in [5.41, 5.74) is 7.72. The molecule has 0 fully saturated rings. The van der Waals surface area contributed by atoms with E-state index in [1.807, 2.05) is 6.92 Å². The molecule has 0 aromatic heterocycles. The Hall–Kier alpha value is -1.32. The minimum Gasteiger partial charge on any atom is -0.350 e. The highest BCUT2D eigenvalue weighted by Gasteiger charge is 1.99. The molecule has 0 aromatic rings. The van der Waals surface area contributed by atoms with Crippen molar-refractivity contribution in [2.24, 2.45) is 16.8 Å². The second-order valence-corrected chi connectivity index (χ2v) is 2.25. The van der Waals surface area contributed by atoms with Crippen LogP contribution in [0.1, 0.15) is 13.8 Å². The summed E-state index contributed by atoms with van der Waals surface area (Å²) >= 11 is 0. The van der Waals surface area contributed by atoms with Crippen molar-refractivity contribution in [3.05, 3.63) is 12.7 Å². The molecule has 4 nitrogen and oxygen atoms in total. The zero-order valence-corrected chi connectivity index (χ0v) is 6.79. The van der Waals surface area contributed by atoms with Gasteiger partial charge in [0.05, 0.1) is 0 Å². The molecule has 0 aliphatic heterocycles. The fourth-order valence-corrected chi connectivity index (χ4v) is 0.416. The van der Waals surface area contributed by atoms with Crippen molar-refractivity contribution in [1.82, 2.24) is 5.43 Å². The molecule has 0 aromatic carbocycles. The Labute approximate surface area is 66.2 Å². The Morgan fingerprint density at radius 3 is 2.73 bits per heavy atom. The van der Waals surface area contributed by atoms with Crippen LogP contribution in [0.5, 0.6) is 0 Å². The summed E-state index contributed by atoms with van der Waals surface area (Å²) in [6.45, 7) is 7.30. The molecule has 0 saturated heterocycles. The van der Waals surface area contributed by atoms with Crippen molar-refractivity contribution < 1.29 is 4.79 Å². The molecular formula is C7H13N3O. The van der Waals surface area contributed by atoms with Crippen LogP contribution < -0.4 is 11.2 Å². The molecule has 1 atom stereocenters. The van der Waals surface area contributed by atoms with Gasteiger partial charge in [0.25, 0.3) is 0 Å². The number of carbonyl (C=O) groups excluding carboxylic acids is 1. The molecule has 2 amide bonds. The van der Waals surface area contributed by atoms with Gasteiger partial charge in [0.2, 0.25) is 0 Å². The van der Waals surface area contributed by atoms with Gasteiger partial charge in [0.1, 0.15) is 0 Å². The van der Waals surface area contributed by atoms with Gasteiger partial charge in [-0.15, -0.1) is 6.58 Å². The largest absolute Gasteiger partial charge is 0.350 e. The van der Waals surface area contributed by atoms with Gasteiger partial charge >= 0.3 is 6.03 Å². The number of hydrogen-bond donors (Lipinski definition) is 2. The van der Waals surface area contributed by atoms with Gasteiger partial charge in [-0.1, -0.05) is 13.0 Å². The molecule has 0 saturated carbocycles. The molecule has 0 aliphatic rings. The molecule has 0 aliphatic carbocycles. The maximum Gasteiger partial charge on any atom is 0.332 e. The van der Waals surface area contributed by atoms with E-state index >= 15 is 0 Å². The molecule has 0 heterocycles. The molecule has 1 unspecified atom stereocenters. The first-order valence-electron chi connectivity index (χ1n) is 3.30. The van der Waals surface area contributed by atoms with Crippen LogP contribution in [0.15, 0.2) is 17.8 Å². The zero-order valence-electron chi connectivity index (χ0n) is 6.79. The second-order valence-electron chi connectivity index (χ2n) is 2.25. The van der Waals surface area contributed by atoms with E-state index in [1.165, 1.54) is 0 Å². The highest BCUT2D eigenvalue weighted by molar-refractivity contribution is 5.86. The van der Waals surface area contributed by atoms with Crippen molar-refractivity contribution in [3.63, 3.8) is 0 Å². The van der Waals surface area contributed by atoms with Crippen LogP contribution in [-0.2, 0) is 0 Å². The lowest BCUT2D eigenvalue weighted by Crippen LogP contribution is -2.26. The monoisotopic (exact) mass is 155 g/mol. The van der Waals surface area contributed by atoms with Gasteiger partial charge in [-0.2, -0.15) is 5.10 Å². The summed E-state index contributed by atoms with van der Waals surface area (Å²) in [5, 5.41) is 3.72. The van der Waals surface area contributed by atoms with Gasteiger partial charge in [-0.3, -0.25) is 0 Å². The Bertz CT molecular complexity index is 186. The summed E-state index contributed by atoms with van der Waals surface area (Å²) in [6, 6.07) is -0.652. The first-order chi connectivity index (χ1) is 5.07. The van der Waals surface area contributed by atoms with Gasteiger partial charge in [0, 0.05) is 11.6 Å². The summed E-state index contributed by atoms with van der Waals surface area (Å²) in [4.78, 5) is 10.2. The van der Waals surface area contributed by atoms with E-state index in [0.717, 1.165) is 5.71 Å². The Balaban J connectivity index is 3.99. The normalized spacial score (nSPS) is 13.8. The zero-order chi connectivity index (χ0) is 8.85. The predicted molar refractivity (Wildman–Crippen MR) is 45.2 cm³/mol. The number of amides is 2. The molecule has 0 radical (unpaired) electrons. The topological polar surface area (TPSA) is 67.5 Å². The second kappa shape index (κ2) is 4.49. The van der Waals surface area contributed by atoms with Crippen LogP contribution in [0.4, 0.5) is 4.79 Å². The van der Waals surface area contributed by atoms with Gasteiger partial charge in [0.15, 0.2) is 0 Å². The Morgan fingerprint density at radius 1 is 1.82 bits per heavy atom. The molecule has 0 bridgehead atoms. The number of urea groups is 1. The average molecular weight is 155 g/mol. The standard InChI is InChI=1S/C7H13N3O/c1-4-5(2)6(3)9-10-7(8)11/h4-5H,1H2,2-3H3,(H3,8,10,11)/b9-6+. The van der Waals surface area contributed by atoms with Crippen LogP contribution in [0, 0.1) is 5.92 Å². The van der Waals surface area contributed by atoms with E-state index in [2.05, 4.69) is 17.1 Å². The maximum absolute atomic E-state index is 10.2. The van der Waals surface area contributed by atoms with Crippen LogP contribution in [0.2, 0.25) is 0 Å². The molecule has 3 N–H and O–H groups in total. The van der Waals surface area contributed by atoms with Crippen molar-refractivity contribution >= 4 is 11.7 Å². The van der Waals surface area contributed by atoms with E-state index < -0.39 is 6.03 Å². The van der Waals surface area contributed by atoms with E-state index in [9.17, 15) is 4.79 Å². The molecule has 62 valence electrons. The SMILES string of the molecule is C=CC(C)/C(C)=N/NC(N)=O. The average Bonchev–Trinajstić information content (AvgIpc) is 1.98. The van der Waals surface area contributed by atoms with Crippen molar-refractivity contribution in [3.8, 4) is 0 Å². The molecular weight excluding hydrogens is 142 g/mol. The van der Waals surface area contributed by atoms with E-state index in [-0.39, 0.29) is 5.92 Å². The van der Waals surface area contributed by atoms with E-state index in [1.54, 1.807) is 13.0 Å².